The second-order valence-electron chi connectivity index (χ2n) is 7.75. The molecule has 1 amide bonds. The Morgan fingerprint density at radius 2 is 1.31 bits per heavy atom. The Balaban J connectivity index is 1.89. The normalized spacial score (nSPS) is 13.4. The van der Waals surface area contributed by atoms with E-state index in [9.17, 15) is 9.36 Å². The predicted molar refractivity (Wildman–Crippen MR) is 143 cm³/mol. The quantitative estimate of drug-likeness (QED) is 0.174. The van der Waals surface area contributed by atoms with Crippen molar-refractivity contribution in [2.24, 2.45) is 0 Å². The first-order chi connectivity index (χ1) is 16.7. The summed E-state index contributed by atoms with van der Waals surface area (Å²) in [4.78, 5) is 12.8. The molecule has 0 fully saturated rings. The summed E-state index contributed by atoms with van der Waals surface area (Å²) in [6, 6.07) is 26.3. The van der Waals surface area contributed by atoms with Gasteiger partial charge in [-0.15, -0.1) is 0 Å². The summed E-state index contributed by atoms with van der Waals surface area (Å²) in [7, 11) is 11.0. The third-order valence-electron chi connectivity index (χ3n) is 4.97. The van der Waals surface area contributed by atoms with Gasteiger partial charge in [-0.25, -0.2) is 0 Å². The molecular formula is C24H25Cl3GeNO5P. The summed E-state index contributed by atoms with van der Waals surface area (Å²) >= 11 is 0. The molecule has 3 aromatic rings. The number of benzene rings is 3. The number of nitrogens with one attached hydrogen (secondary N) is 1. The van der Waals surface area contributed by atoms with Crippen molar-refractivity contribution in [3.63, 3.8) is 0 Å². The van der Waals surface area contributed by atoms with Crippen molar-refractivity contribution in [1.82, 2.24) is 5.32 Å². The number of rotatable bonds is 11. The van der Waals surface area contributed by atoms with E-state index in [-0.39, 0.29) is 13.0 Å². The van der Waals surface area contributed by atoms with Crippen molar-refractivity contribution < 1.29 is 23.1 Å². The van der Waals surface area contributed by atoms with Gasteiger partial charge in [-0.2, -0.15) is 0 Å². The maximum atomic E-state index is 14.3. The SMILES string of the molecule is C[CH](CC(NC(=O)OCc1ccccc1)P(=O)(Oc1ccccc1)Oc1ccccc1)[Ge]([Cl])([Cl])[Cl]. The summed E-state index contributed by atoms with van der Waals surface area (Å²) in [6.45, 7) is 1.77. The monoisotopic (exact) mass is 617 g/mol. The number of amides is 1. The molecule has 3 rings (SSSR count). The van der Waals surface area contributed by atoms with Gasteiger partial charge in [-0.3, -0.25) is 0 Å². The van der Waals surface area contributed by atoms with Crippen LogP contribution in [0.4, 0.5) is 4.79 Å². The molecule has 0 radical (unpaired) electrons. The minimum atomic E-state index is -4.10. The van der Waals surface area contributed by atoms with Crippen LogP contribution in [0.25, 0.3) is 0 Å². The van der Waals surface area contributed by atoms with Crippen LogP contribution in [-0.2, 0) is 15.9 Å². The van der Waals surface area contributed by atoms with Gasteiger partial charge >= 0.3 is 221 Å². The van der Waals surface area contributed by atoms with Crippen LogP contribution < -0.4 is 14.4 Å². The van der Waals surface area contributed by atoms with Crippen LogP contribution in [0.3, 0.4) is 0 Å². The van der Waals surface area contributed by atoms with Gasteiger partial charge < -0.3 is 0 Å². The van der Waals surface area contributed by atoms with Crippen LogP contribution in [0.15, 0.2) is 91.0 Å². The first-order valence-corrected chi connectivity index (χ1v) is 21.9. The van der Waals surface area contributed by atoms with Crippen molar-refractivity contribution in [1.29, 1.82) is 0 Å². The van der Waals surface area contributed by atoms with Crippen LogP contribution in [0.5, 0.6) is 11.5 Å². The van der Waals surface area contributed by atoms with E-state index in [2.05, 4.69) is 5.32 Å². The first-order valence-electron chi connectivity index (χ1n) is 10.8. The minimum absolute atomic E-state index is 0.0284. The van der Waals surface area contributed by atoms with Crippen molar-refractivity contribution in [2.75, 3.05) is 0 Å². The Morgan fingerprint density at radius 3 is 1.77 bits per heavy atom. The van der Waals surface area contributed by atoms with Crippen LogP contribution >= 0.6 is 37.6 Å². The molecule has 1 N–H and O–H groups in total. The molecule has 0 heterocycles. The van der Waals surface area contributed by atoms with Crippen molar-refractivity contribution in [3.8, 4) is 11.5 Å². The zero-order valence-corrected chi connectivity index (χ0v) is 24.1. The number of hydrogen-bond donors (Lipinski definition) is 1. The van der Waals surface area contributed by atoms with Crippen LogP contribution in [0.2, 0.25) is 4.75 Å². The standard InChI is InChI=1S/C24H25Cl3GeNO5P/c1-19(28(25,26)27)17-23(29-24(30)32-18-20-11-5-2-6-12-20)35(31,33-21-13-7-3-8-14-21)34-22-15-9-4-10-16-22/h2-16,19,23H,17-18H2,1H3,(H,29,30). The fourth-order valence-electron chi connectivity index (χ4n) is 3.04. The summed E-state index contributed by atoms with van der Waals surface area (Å²) in [5.74, 6) is -0.541. The molecule has 0 aliphatic rings. The fraction of sp³-hybridized carbons (Fsp3) is 0.208. The number of carbonyl (C=O) groups is 1. The van der Waals surface area contributed by atoms with Gasteiger partial charge in [0.2, 0.25) is 0 Å². The van der Waals surface area contributed by atoms with Crippen LogP contribution in [0.1, 0.15) is 18.9 Å². The Kier molecular flexibility index (Phi) is 10.3. The number of hydrogen-bond acceptors (Lipinski definition) is 5. The van der Waals surface area contributed by atoms with Crippen LogP contribution in [-0.4, -0.2) is 22.4 Å². The van der Waals surface area contributed by atoms with Crippen molar-refractivity contribution >= 4 is 54.2 Å². The van der Waals surface area contributed by atoms with Crippen molar-refractivity contribution in [3.05, 3.63) is 96.6 Å². The van der Waals surface area contributed by atoms with Gasteiger partial charge in [0.1, 0.15) is 0 Å². The molecule has 0 aliphatic carbocycles. The second kappa shape index (κ2) is 12.9. The summed E-state index contributed by atoms with van der Waals surface area (Å²) in [6.07, 6.45) is -0.745. The van der Waals surface area contributed by atoms with Gasteiger partial charge in [0.25, 0.3) is 0 Å². The zero-order chi connectivity index (χ0) is 25.3. The van der Waals surface area contributed by atoms with Gasteiger partial charge in [-0.05, 0) is 0 Å². The van der Waals surface area contributed by atoms with E-state index in [0.717, 1.165) is 5.56 Å². The Hall–Kier alpha value is -1.83. The van der Waals surface area contributed by atoms with E-state index in [1.165, 1.54) is 0 Å². The summed E-state index contributed by atoms with van der Waals surface area (Å²) < 4.78 is 31.0. The second-order valence-corrected chi connectivity index (χ2v) is 26.5. The predicted octanol–water partition coefficient (Wildman–Crippen LogP) is 8.03. The van der Waals surface area contributed by atoms with E-state index in [0.29, 0.717) is 11.5 Å². The maximum absolute atomic E-state index is 14.3. The number of alkyl carbamates (subject to hydrolysis) is 1. The number of para-hydroxylation sites is 2. The van der Waals surface area contributed by atoms with E-state index in [1.54, 1.807) is 67.6 Å². The Morgan fingerprint density at radius 1 is 0.857 bits per heavy atom. The molecular weight excluding hydrogens is 592 g/mol. The van der Waals surface area contributed by atoms with E-state index in [1.807, 2.05) is 30.3 Å². The molecule has 6 nitrogen and oxygen atoms in total. The zero-order valence-electron chi connectivity index (χ0n) is 18.9. The van der Waals surface area contributed by atoms with Gasteiger partial charge in [0.15, 0.2) is 0 Å². The molecule has 11 heteroatoms. The molecule has 35 heavy (non-hydrogen) atoms. The molecule has 0 bridgehead atoms. The van der Waals surface area contributed by atoms with Crippen molar-refractivity contribution in [2.45, 2.75) is 30.5 Å². The average Bonchev–Trinajstić information content (AvgIpc) is 2.83. The van der Waals surface area contributed by atoms with Gasteiger partial charge in [0.05, 0.1) is 0 Å². The van der Waals surface area contributed by atoms with E-state index >= 15 is 0 Å². The molecule has 0 saturated carbocycles. The topological polar surface area (TPSA) is 73.9 Å². The summed E-state index contributed by atoms with van der Waals surface area (Å²) in [5.41, 5.74) is 0.799. The molecule has 3 aromatic carbocycles. The molecule has 0 aliphatic heterocycles. The molecule has 0 saturated heterocycles. The molecule has 0 spiro atoms. The molecule has 0 aromatic heterocycles. The van der Waals surface area contributed by atoms with Crippen LogP contribution in [0, 0.1) is 0 Å². The summed E-state index contributed by atoms with van der Waals surface area (Å²) in [5, 5.41) is 2.65. The first kappa shape index (κ1) is 27.8. The van der Waals surface area contributed by atoms with Gasteiger partial charge in [-0.1, -0.05) is 0 Å². The number of halogens is 3. The number of carbonyl (C=O) groups excluding carboxylic acids is 1. The Bertz CT molecular complexity index is 1070. The molecule has 2 unspecified atom stereocenters. The van der Waals surface area contributed by atoms with E-state index in [4.69, 9.17) is 43.8 Å². The Labute approximate surface area is 220 Å². The fourth-order valence-corrected chi connectivity index (χ4v) is 7.86. The molecule has 2 atom stereocenters. The number of ether oxygens (including phenoxy) is 1. The third kappa shape index (κ3) is 8.96. The van der Waals surface area contributed by atoms with Gasteiger partial charge in [0, 0.05) is 0 Å². The average molecular weight is 617 g/mol. The van der Waals surface area contributed by atoms with E-state index < -0.39 is 34.7 Å². The molecule has 186 valence electrons. The third-order valence-corrected chi connectivity index (χ3v) is 15.6.